The zero-order valence-electron chi connectivity index (χ0n) is 16.1. The van der Waals surface area contributed by atoms with Gasteiger partial charge in [0.25, 0.3) is 0 Å². The fourth-order valence-corrected chi connectivity index (χ4v) is 3.59. The number of nitrogens with one attached hydrogen (secondary N) is 2. The molecular formula is C20H33Cl2N3O2. The number of hydrogen-bond acceptors (Lipinski definition) is 4. The van der Waals surface area contributed by atoms with E-state index in [1.807, 2.05) is 18.2 Å². The van der Waals surface area contributed by atoms with Gasteiger partial charge in [-0.3, -0.25) is 9.69 Å². The Morgan fingerprint density at radius 3 is 2.56 bits per heavy atom. The number of hydrogen-bond donors (Lipinski definition) is 2. The lowest BCUT2D eigenvalue weighted by Gasteiger charge is -2.35. The van der Waals surface area contributed by atoms with Crippen LogP contribution in [-0.4, -0.2) is 50.6 Å². The number of methoxy groups -OCH3 is 1. The maximum absolute atomic E-state index is 12.2. The quantitative estimate of drug-likeness (QED) is 0.647. The summed E-state index contributed by atoms with van der Waals surface area (Å²) in [6, 6.07) is 8.34. The van der Waals surface area contributed by atoms with Gasteiger partial charge in [-0.15, -0.1) is 24.8 Å². The van der Waals surface area contributed by atoms with Crippen LogP contribution in [0.15, 0.2) is 24.3 Å². The molecule has 1 heterocycles. The normalized spacial score (nSPS) is 18.0. The van der Waals surface area contributed by atoms with E-state index in [0.29, 0.717) is 13.1 Å². The molecule has 154 valence electrons. The number of amides is 1. The molecule has 1 aromatic carbocycles. The molecule has 0 radical (unpaired) electrons. The molecule has 0 aromatic heterocycles. The number of nitrogens with zero attached hydrogens (tertiary/aromatic N) is 1. The van der Waals surface area contributed by atoms with Crippen molar-refractivity contribution in [3.8, 4) is 5.75 Å². The van der Waals surface area contributed by atoms with Crippen LogP contribution in [-0.2, 0) is 4.79 Å². The highest BCUT2D eigenvalue weighted by Gasteiger charge is 2.25. The third-order valence-electron chi connectivity index (χ3n) is 5.24. The number of carbonyl (C=O) groups excluding carboxylic acids is 1. The Balaban J connectivity index is 0.00000182. The molecule has 1 aromatic rings. The summed E-state index contributed by atoms with van der Waals surface area (Å²) in [4.78, 5) is 14.7. The van der Waals surface area contributed by atoms with Crippen molar-refractivity contribution in [3.63, 3.8) is 0 Å². The second-order valence-electron chi connectivity index (χ2n) is 7.23. The molecule has 1 unspecified atom stereocenters. The third-order valence-corrected chi connectivity index (χ3v) is 5.24. The summed E-state index contributed by atoms with van der Waals surface area (Å²) in [5, 5.41) is 6.39. The van der Waals surface area contributed by atoms with Crippen LogP contribution < -0.4 is 15.4 Å². The lowest BCUT2D eigenvalue weighted by atomic mass is 10.0. The first-order valence-corrected chi connectivity index (χ1v) is 9.62. The Labute approximate surface area is 175 Å². The standard InChI is InChI=1S/C20H31N3O2.2ClH/c1-25-19-8-4-3-7-17(19)18(23-11-5-2-6-12-23)14-22-20(24)15-21-13-16-9-10-16;;/h3-4,7-8,16,18,21H,2,5-6,9-15H2,1H3,(H,22,24);2*1H. The summed E-state index contributed by atoms with van der Waals surface area (Å²) in [5.41, 5.74) is 1.16. The predicted octanol–water partition coefficient (Wildman–Crippen LogP) is 3.18. The zero-order valence-corrected chi connectivity index (χ0v) is 17.7. The van der Waals surface area contributed by atoms with Crippen molar-refractivity contribution in [2.75, 3.05) is 39.8 Å². The average Bonchev–Trinajstić information content (AvgIpc) is 3.47. The molecule has 7 heteroatoms. The summed E-state index contributed by atoms with van der Waals surface area (Å²) in [7, 11) is 1.71. The third kappa shape index (κ3) is 7.49. The van der Waals surface area contributed by atoms with E-state index in [0.717, 1.165) is 36.9 Å². The Kier molecular flexibility index (Phi) is 11.1. The summed E-state index contributed by atoms with van der Waals surface area (Å²) in [6.45, 7) is 4.17. The van der Waals surface area contributed by atoms with E-state index in [1.54, 1.807) is 7.11 Å². The predicted molar refractivity (Wildman–Crippen MR) is 114 cm³/mol. The van der Waals surface area contributed by atoms with Crippen molar-refractivity contribution in [3.05, 3.63) is 29.8 Å². The lowest BCUT2D eigenvalue weighted by molar-refractivity contribution is -0.120. The molecule has 1 amide bonds. The van der Waals surface area contributed by atoms with E-state index in [1.165, 1.54) is 32.1 Å². The van der Waals surface area contributed by atoms with Gasteiger partial charge < -0.3 is 15.4 Å². The highest BCUT2D eigenvalue weighted by Crippen LogP contribution is 2.31. The Morgan fingerprint density at radius 1 is 1.19 bits per heavy atom. The first-order valence-electron chi connectivity index (χ1n) is 9.62. The van der Waals surface area contributed by atoms with Gasteiger partial charge in [-0.1, -0.05) is 24.6 Å². The summed E-state index contributed by atoms with van der Waals surface area (Å²) in [5.74, 6) is 1.78. The number of carbonyl (C=O) groups is 1. The Bertz CT molecular complexity index is 564. The largest absolute Gasteiger partial charge is 0.496 e. The number of para-hydroxylation sites is 1. The van der Waals surface area contributed by atoms with Gasteiger partial charge in [0, 0.05) is 12.1 Å². The van der Waals surface area contributed by atoms with Crippen LogP contribution in [0.4, 0.5) is 0 Å². The van der Waals surface area contributed by atoms with E-state index in [4.69, 9.17) is 4.74 Å². The fraction of sp³-hybridized carbons (Fsp3) is 0.650. The molecule has 2 aliphatic rings. The van der Waals surface area contributed by atoms with Gasteiger partial charge in [0.2, 0.25) is 5.91 Å². The first kappa shape index (κ1) is 24.0. The van der Waals surface area contributed by atoms with Crippen molar-refractivity contribution >= 4 is 30.7 Å². The van der Waals surface area contributed by atoms with Crippen LogP contribution in [0.1, 0.15) is 43.7 Å². The van der Waals surface area contributed by atoms with Crippen LogP contribution in [0.25, 0.3) is 0 Å². The molecule has 1 saturated carbocycles. The first-order chi connectivity index (χ1) is 12.3. The number of rotatable bonds is 9. The van der Waals surface area contributed by atoms with Gasteiger partial charge in [0.1, 0.15) is 5.75 Å². The summed E-state index contributed by atoms with van der Waals surface area (Å²) < 4.78 is 5.57. The molecule has 1 saturated heterocycles. The van der Waals surface area contributed by atoms with Gasteiger partial charge in [-0.2, -0.15) is 0 Å². The number of likely N-dealkylation sites (tertiary alicyclic amines) is 1. The number of ether oxygens (including phenoxy) is 1. The number of piperidine rings is 1. The Morgan fingerprint density at radius 2 is 1.89 bits per heavy atom. The van der Waals surface area contributed by atoms with Crippen LogP contribution >= 0.6 is 24.8 Å². The minimum atomic E-state index is 0. The topological polar surface area (TPSA) is 53.6 Å². The summed E-state index contributed by atoms with van der Waals surface area (Å²) in [6.07, 6.45) is 6.36. The maximum atomic E-state index is 12.2. The van der Waals surface area contributed by atoms with Crippen LogP contribution in [0.2, 0.25) is 0 Å². The lowest BCUT2D eigenvalue weighted by Crippen LogP contribution is -2.43. The maximum Gasteiger partial charge on any atom is 0.234 e. The monoisotopic (exact) mass is 417 g/mol. The van der Waals surface area contributed by atoms with E-state index >= 15 is 0 Å². The molecule has 27 heavy (non-hydrogen) atoms. The van der Waals surface area contributed by atoms with Crippen molar-refractivity contribution in [1.29, 1.82) is 0 Å². The molecule has 5 nitrogen and oxygen atoms in total. The van der Waals surface area contributed by atoms with Gasteiger partial charge in [0.15, 0.2) is 0 Å². The van der Waals surface area contributed by atoms with Crippen molar-refractivity contribution in [2.45, 2.75) is 38.1 Å². The molecule has 1 aliphatic heterocycles. The van der Waals surface area contributed by atoms with Crippen LogP contribution in [0, 0.1) is 5.92 Å². The SMILES string of the molecule is COc1ccccc1C(CNC(=O)CNCC1CC1)N1CCCCC1.Cl.Cl. The van der Waals surface area contributed by atoms with Crippen molar-refractivity contribution in [1.82, 2.24) is 15.5 Å². The Hall–Kier alpha value is -1.01. The van der Waals surface area contributed by atoms with Gasteiger partial charge >= 0.3 is 0 Å². The fourth-order valence-electron chi connectivity index (χ4n) is 3.59. The molecule has 0 bridgehead atoms. The second kappa shape index (κ2) is 12.4. The van der Waals surface area contributed by atoms with E-state index in [2.05, 4.69) is 21.6 Å². The molecule has 3 rings (SSSR count). The van der Waals surface area contributed by atoms with Crippen molar-refractivity contribution < 1.29 is 9.53 Å². The highest BCUT2D eigenvalue weighted by molar-refractivity contribution is 5.85. The molecule has 2 fully saturated rings. The molecule has 1 atom stereocenters. The van der Waals surface area contributed by atoms with Gasteiger partial charge in [-0.05, 0) is 57.3 Å². The van der Waals surface area contributed by atoms with Crippen molar-refractivity contribution in [2.24, 2.45) is 5.92 Å². The average molecular weight is 418 g/mol. The van der Waals surface area contributed by atoms with Crippen LogP contribution in [0.5, 0.6) is 5.75 Å². The minimum absolute atomic E-state index is 0. The number of halogens is 2. The highest BCUT2D eigenvalue weighted by atomic mass is 35.5. The van der Waals surface area contributed by atoms with E-state index < -0.39 is 0 Å². The molecule has 0 spiro atoms. The minimum Gasteiger partial charge on any atom is -0.496 e. The molecular weight excluding hydrogens is 385 g/mol. The van der Waals surface area contributed by atoms with Gasteiger partial charge in [0.05, 0.1) is 19.7 Å². The zero-order chi connectivity index (χ0) is 17.5. The van der Waals surface area contributed by atoms with Gasteiger partial charge in [-0.25, -0.2) is 0 Å². The smallest absolute Gasteiger partial charge is 0.234 e. The van der Waals surface area contributed by atoms with E-state index in [9.17, 15) is 4.79 Å². The summed E-state index contributed by atoms with van der Waals surface area (Å²) >= 11 is 0. The number of benzene rings is 1. The second-order valence-corrected chi connectivity index (χ2v) is 7.23. The van der Waals surface area contributed by atoms with E-state index in [-0.39, 0.29) is 36.8 Å². The molecule has 1 aliphatic carbocycles. The van der Waals surface area contributed by atoms with Crippen LogP contribution in [0.3, 0.4) is 0 Å². The molecule has 2 N–H and O–H groups in total.